The van der Waals surface area contributed by atoms with Crippen molar-refractivity contribution < 1.29 is 9.31 Å². The number of nitrogens with zero attached hydrogens (tertiary/aromatic N) is 2. The van der Waals surface area contributed by atoms with Gasteiger partial charge in [-0.1, -0.05) is 13.3 Å². The molecule has 0 spiro atoms. The lowest BCUT2D eigenvalue weighted by Gasteiger charge is -2.37. The summed E-state index contributed by atoms with van der Waals surface area (Å²) in [6.07, 6.45) is 1.69. The summed E-state index contributed by atoms with van der Waals surface area (Å²) >= 11 is 0. The molecule has 0 aliphatic carbocycles. The Morgan fingerprint density at radius 1 is 1.58 bits per heavy atom. The largest absolute Gasteiger partial charge is 0.366 e. The molecule has 0 saturated carbocycles. The zero-order valence-corrected chi connectivity index (χ0v) is 10.9. The van der Waals surface area contributed by atoms with E-state index >= 15 is 0 Å². The summed E-state index contributed by atoms with van der Waals surface area (Å²) in [4.78, 5) is 12.4. The molecule has 1 fully saturated rings. The number of nitro groups is 1. The molecule has 1 aromatic rings. The monoisotopic (exact) mass is 267 g/mol. The summed E-state index contributed by atoms with van der Waals surface area (Å²) in [5.74, 6) is -0.167. The molecule has 0 amide bonds. The zero-order valence-electron chi connectivity index (χ0n) is 10.9. The van der Waals surface area contributed by atoms with Gasteiger partial charge in [0.2, 0.25) is 0 Å². The molecule has 2 N–H and O–H groups in total. The summed E-state index contributed by atoms with van der Waals surface area (Å²) < 4.78 is 13.3. The summed E-state index contributed by atoms with van der Waals surface area (Å²) in [5, 5.41) is 11.0. The van der Waals surface area contributed by atoms with Gasteiger partial charge in [-0.05, 0) is 18.4 Å². The molecule has 2 rings (SSSR count). The van der Waals surface area contributed by atoms with Crippen LogP contribution < -0.4 is 10.6 Å². The Bertz CT molecular complexity index is 481. The van der Waals surface area contributed by atoms with E-state index in [4.69, 9.17) is 5.73 Å². The third-order valence-electron chi connectivity index (χ3n) is 3.79. The average Bonchev–Trinajstić information content (AvgIpc) is 2.38. The van der Waals surface area contributed by atoms with Gasteiger partial charge in [0.1, 0.15) is 11.5 Å². The number of piperidine rings is 1. The summed E-state index contributed by atoms with van der Waals surface area (Å²) in [7, 11) is 0. The topological polar surface area (TPSA) is 72.4 Å². The van der Waals surface area contributed by atoms with Crippen molar-refractivity contribution in [1.29, 1.82) is 0 Å². The second-order valence-electron chi connectivity index (χ2n) is 4.96. The van der Waals surface area contributed by atoms with E-state index in [9.17, 15) is 14.5 Å². The van der Waals surface area contributed by atoms with Crippen LogP contribution in [0.25, 0.3) is 0 Å². The number of hydrogen-bond acceptors (Lipinski definition) is 4. The van der Waals surface area contributed by atoms with Crippen molar-refractivity contribution in [1.82, 2.24) is 0 Å². The number of nitro benzene ring substituents is 1. The number of rotatable bonds is 3. The minimum atomic E-state index is -0.468. The fraction of sp³-hybridized carbons (Fsp3) is 0.538. The molecule has 1 heterocycles. The number of benzene rings is 1. The maximum atomic E-state index is 13.3. The van der Waals surface area contributed by atoms with E-state index in [0.29, 0.717) is 18.8 Å². The van der Waals surface area contributed by atoms with Gasteiger partial charge in [-0.2, -0.15) is 0 Å². The minimum absolute atomic E-state index is 0.0493. The number of nitrogens with two attached hydrogens (primary N) is 1. The molecule has 6 heteroatoms. The van der Waals surface area contributed by atoms with Crippen LogP contribution in [0.3, 0.4) is 0 Å². The standard InChI is InChI=1S/C13H18FN3O2/c1-2-9-8-16(6-5-11(9)15)13-7-10(14)3-4-12(13)17(18)19/h3-4,7,9,11H,2,5-6,8,15H2,1H3. The highest BCUT2D eigenvalue weighted by Gasteiger charge is 2.29. The second kappa shape index (κ2) is 5.52. The quantitative estimate of drug-likeness (QED) is 0.673. The fourth-order valence-electron chi connectivity index (χ4n) is 2.61. The predicted molar refractivity (Wildman–Crippen MR) is 71.6 cm³/mol. The van der Waals surface area contributed by atoms with Crippen LogP contribution in [0.15, 0.2) is 18.2 Å². The Morgan fingerprint density at radius 3 is 2.95 bits per heavy atom. The summed E-state index contributed by atoms with van der Waals surface area (Å²) in [6.45, 7) is 3.32. The van der Waals surface area contributed by atoms with E-state index in [-0.39, 0.29) is 17.6 Å². The molecule has 104 valence electrons. The second-order valence-corrected chi connectivity index (χ2v) is 4.96. The zero-order chi connectivity index (χ0) is 14.0. The molecule has 2 unspecified atom stereocenters. The van der Waals surface area contributed by atoms with Gasteiger partial charge in [0.15, 0.2) is 0 Å². The minimum Gasteiger partial charge on any atom is -0.366 e. The molecule has 5 nitrogen and oxygen atoms in total. The van der Waals surface area contributed by atoms with Crippen molar-refractivity contribution in [3.05, 3.63) is 34.1 Å². The third-order valence-corrected chi connectivity index (χ3v) is 3.79. The van der Waals surface area contributed by atoms with Crippen molar-refractivity contribution in [2.75, 3.05) is 18.0 Å². The van der Waals surface area contributed by atoms with Crippen LogP contribution in [-0.2, 0) is 0 Å². The highest BCUT2D eigenvalue weighted by Crippen LogP contribution is 2.32. The van der Waals surface area contributed by atoms with E-state index in [2.05, 4.69) is 0 Å². The smallest absolute Gasteiger partial charge is 0.292 e. The van der Waals surface area contributed by atoms with E-state index in [1.165, 1.54) is 12.1 Å². The van der Waals surface area contributed by atoms with Gasteiger partial charge in [-0.25, -0.2) is 4.39 Å². The predicted octanol–water partition coefficient (Wildman–Crippen LogP) is 2.30. The molecule has 1 aliphatic heterocycles. The summed E-state index contributed by atoms with van der Waals surface area (Å²) in [6, 6.07) is 3.70. The maximum Gasteiger partial charge on any atom is 0.292 e. The van der Waals surface area contributed by atoms with Gasteiger partial charge < -0.3 is 10.6 Å². The molecule has 0 radical (unpaired) electrons. The van der Waals surface area contributed by atoms with Crippen LogP contribution in [0.5, 0.6) is 0 Å². The number of halogens is 1. The first-order valence-electron chi connectivity index (χ1n) is 6.47. The van der Waals surface area contributed by atoms with Crippen molar-refractivity contribution in [2.24, 2.45) is 11.7 Å². The van der Waals surface area contributed by atoms with Gasteiger partial charge in [0.25, 0.3) is 5.69 Å². The molecule has 1 aromatic carbocycles. The van der Waals surface area contributed by atoms with E-state index in [1.807, 2.05) is 11.8 Å². The lowest BCUT2D eigenvalue weighted by atomic mass is 9.90. The Morgan fingerprint density at radius 2 is 2.32 bits per heavy atom. The van der Waals surface area contributed by atoms with Crippen LogP contribution >= 0.6 is 0 Å². The Hall–Kier alpha value is -1.69. The van der Waals surface area contributed by atoms with Gasteiger partial charge >= 0.3 is 0 Å². The normalized spacial score (nSPS) is 23.4. The van der Waals surface area contributed by atoms with Crippen molar-refractivity contribution in [3.63, 3.8) is 0 Å². The van der Waals surface area contributed by atoms with Crippen LogP contribution in [0.4, 0.5) is 15.8 Å². The van der Waals surface area contributed by atoms with Gasteiger partial charge in [-0.3, -0.25) is 10.1 Å². The lowest BCUT2D eigenvalue weighted by Crippen LogP contribution is -2.47. The van der Waals surface area contributed by atoms with Crippen LogP contribution in [-0.4, -0.2) is 24.1 Å². The van der Waals surface area contributed by atoms with Crippen molar-refractivity contribution in [2.45, 2.75) is 25.8 Å². The first-order valence-corrected chi connectivity index (χ1v) is 6.47. The van der Waals surface area contributed by atoms with Crippen molar-refractivity contribution in [3.8, 4) is 0 Å². The maximum absolute atomic E-state index is 13.3. The summed E-state index contributed by atoms with van der Waals surface area (Å²) in [5.41, 5.74) is 6.33. The first kappa shape index (κ1) is 13.7. The molecular weight excluding hydrogens is 249 g/mol. The first-order chi connectivity index (χ1) is 9.02. The lowest BCUT2D eigenvalue weighted by molar-refractivity contribution is -0.384. The van der Waals surface area contributed by atoms with E-state index < -0.39 is 10.7 Å². The van der Waals surface area contributed by atoms with Crippen LogP contribution in [0.2, 0.25) is 0 Å². The Labute approximate surface area is 111 Å². The van der Waals surface area contributed by atoms with Crippen molar-refractivity contribution >= 4 is 11.4 Å². The molecule has 1 aliphatic rings. The molecule has 0 aromatic heterocycles. The molecule has 2 atom stereocenters. The Balaban J connectivity index is 2.31. The third kappa shape index (κ3) is 2.84. The molecule has 19 heavy (non-hydrogen) atoms. The highest BCUT2D eigenvalue weighted by atomic mass is 19.1. The number of hydrogen-bond donors (Lipinski definition) is 1. The van der Waals surface area contributed by atoms with Crippen LogP contribution in [0.1, 0.15) is 19.8 Å². The van der Waals surface area contributed by atoms with Gasteiger partial charge in [0.05, 0.1) is 4.92 Å². The van der Waals surface area contributed by atoms with Gasteiger partial charge in [-0.15, -0.1) is 0 Å². The molecular formula is C13H18FN3O2. The fourth-order valence-corrected chi connectivity index (χ4v) is 2.61. The highest BCUT2D eigenvalue weighted by molar-refractivity contribution is 5.63. The van der Waals surface area contributed by atoms with Gasteiger partial charge in [0, 0.05) is 31.3 Å². The Kier molecular flexibility index (Phi) is 3.99. The average molecular weight is 267 g/mol. The molecule has 0 bridgehead atoms. The van der Waals surface area contributed by atoms with E-state index in [1.54, 1.807) is 0 Å². The van der Waals surface area contributed by atoms with Crippen LogP contribution in [0, 0.1) is 21.8 Å². The molecule has 1 saturated heterocycles. The van der Waals surface area contributed by atoms with E-state index in [0.717, 1.165) is 18.9 Å². The number of anilines is 1. The SMILES string of the molecule is CCC1CN(c2cc(F)ccc2[N+](=O)[O-])CCC1N.